The van der Waals surface area contributed by atoms with Crippen molar-refractivity contribution in [3.8, 4) is 11.6 Å². The highest BCUT2D eigenvalue weighted by molar-refractivity contribution is 6.04. The van der Waals surface area contributed by atoms with Gasteiger partial charge in [-0.1, -0.05) is 30.3 Å². The predicted octanol–water partition coefficient (Wildman–Crippen LogP) is -0.779. The Hall–Kier alpha value is -3.82. The van der Waals surface area contributed by atoms with E-state index >= 15 is 0 Å². The Morgan fingerprint density at radius 3 is 2.23 bits per heavy atom. The molecule has 0 saturated heterocycles. The molecule has 0 atom stereocenters. The number of amides is 2. The van der Waals surface area contributed by atoms with Gasteiger partial charge in [-0.25, -0.2) is 0 Å². The van der Waals surface area contributed by atoms with Crippen LogP contribution in [0.1, 0.15) is 26.3 Å². The molecule has 1 aromatic carbocycles. The molecule has 0 bridgehead atoms. The van der Waals surface area contributed by atoms with Crippen molar-refractivity contribution in [2.75, 3.05) is 6.54 Å². The Kier molecular flexibility index (Phi) is 5.26. The number of carboxylic acid groups (broad SMARTS) is 1. The molecule has 0 fully saturated rings. The minimum atomic E-state index is -1.38. The number of primary amides is 1. The lowest BCUT2D eigenvalue weighted by atomic mass is 10.1. The molecule has 1 aromatic heterocycles. The third-order valence-corrected chi connectivity index (χ3v) is 3.47. The normalized spacial score (nSPS) is 10.3. The average Bonchev–Trinajstić information content (AvgIpc) is 2.57. The number of benzene rings is 1. The second-order valence-corrected chi connectivity index (χ2v) is 5.24. The lowest BCUT2D eigenvalue weighted by Gasteiger charge is -2.15. The number of carbonyl (C=O) groups excluding carboxylic acids is 2. The van der Waals surface area contributed by atoms with E-state index < -0.39 is 52.6 Å². The fourth-order valence-corrected chi connectivity index (χ4v) is 2.29. The molecular formula is C16H15N3O7. The third-order valence-electron chi connectivity index (χ3n) is 3.47. The maximum Gasteiger partial charge on any atom is 0.322 e. The first-order valence-electron chi connectivity index (χ1n) is 7.26. The van der Waals surface area contributed by atoms with Crippen molar-refractivity contribution in [1.29, 1.82) is 0 Å². The van der Waals surface area contributed by atoms with Crippen molar-refractivity contribution >= 4 is 17.8 Å². The van der Waals surface area contributed by atoms with E-state index in [1.807, 2.05) is 5.32 Å². The van der Waals surface area contributed by atoms with Gasteiger partial charge < -0.3 is 26.4 Å². The number of nitrogens with two attached hydrogens (primary N) is 1. The van der Waals surface area contributed by atoms with Gasteiger partial charge in [-0.15, -0.1) is 0 Å². The van der Waals surface area contributed by atoms with Crippen LogP contribution >= 0.6 is 0 Å². The van der Waals surface area contributed by atoms with E-state index in [-0.39, 0.29) is 6.54 Å². The van der Waals surface area contributed by atoms with Crippen molar-refractivity contribution in [3.05, 3.63) is 57.4 Å². The molecule has 0 spiro atoms. The summed E-state index contributed by atoms with van der Waals surface area (Å²) in [5, 5.41) is 30.8. The number of aromatic nitrogens is 1. The molecule has 26 heavy (non-hydrogen) atoms. The standard InChI is InChI=1S/C16H15N3O7/c17-13(23)10-12(22)11(14(24)18-6-9(20)21)16(26)19(15(10)25)7-8-4-2-1-3-5-8/h1-5,22,25H,6-7H2,(H2,17,23)(H,18,24)(H,20,21). The van der Waals surface area contributed by atoms with E-state index in [9.17, 15) is 29.4 Å². The molecule has 2 rings (SSSR count). The average molecular weight is 361 g/mol. The lowest BCUT2D eigenvalue weighted by molar-refractivity contribution is -0.135. The summed E-state index contributed by atoms with van der Waals surface area (Å²) in [7, 11) is 0. The molecule has 2 amide bonds. The van der Waals surface area contributed by atoms with Gasteiger partial charge in [0.2, 0.25) is 5.88 Å². The molecule has 0 aliphatic rings. The number of carbonyl (C=O) groups is 3. The number of aliphatic carboxylic acids is 1. The highest BCUT2D eigenvalue weighted by Crippen LogP contribution is 2.28. The molecule has 0 radical (unpaired) electrons. The molecule has 0 saturated carbocycles. The van der Waals surface area contributed by atoms with Gasteiger partial charge in [0.1, 0.15) is 17.7 Å². The van der Waals surface area contributed by atoms with Crippen molar-refractivity contribution < 1.29 is 29.7 Å². The molecule has 10 heteroatoms. The Labute approximate surface area is 146 Å². The Morgan fingerprint density at radius 1 is 1.08 bits per heavy atom. The lowest BCUT2D eigenvalue weighted by Crippen LogP contribution is -2.37. The van der Waals surface area contributed by atoms with Crippen molar-refractivity contribution in [3.63, 3.8) is 0 Å². The Bertz CT molecular complexity index is 935. The second-order valence-electron chi connectivity index (χ2n) is 5.24. The number of aromatic hydroxyl groups is 2. The summed E-state index contributed by atoms with van der Waals surface area (Å²) in [6.07, 6.45) is 0. The number of nitrogens with one attached hydrogen (secondary N) is 1. The first-order chi connectivity index (χ1) is 12.2. The summed E-state index contributed by atoms with van der Waals surface area (Å²) >= 11 is 0. The highest BCUT2D eigenvalue weighted by Gasteiger charge is 2.28. The van der Waals surface area contributed by atoms with Crippen LogP contribution in [0.25, 0.3) is 0 Å². The van der Waals surface area contributed by atoms with Gasteiger partial charge >= 0.3 is 5.97 Å². The van der Waals surface area contributed by atoms with E-state index in [0.717, 1.165) is 0 Å². The molecule has 0 unspecified atom stereocenters. The van der Waals surface area contributed by atoms with Crippen LogP contribution in [0.2, 0.25) is 0 Å². The van der Waals surface area contributed by atoms with Crippen LogP contribution in [-0.4, -0.2) is 44.2 Å². The number of hydrogen-bond donors (Lipinski definition) is 5. The van der Waals surface area contributed by atoms with Gasteiger partial charge in [0.15, 0.2) is 5.75 Å². The molecule has 1 heterocycles. The van der Waals surface area contributed by atoms with E-state index in [0.29, 0.717) is 10.1 Å². The number of hydrogen-bond acceptors (Lipinski definition) is 6. The third kappa shape index (κ3) is 3.64. The molecule has 6 N–H and O–H groups in total. The van der Waals surface area contributed by atoms with E-state index in [4.69, 9.17) is 10.8 Å². The van der Waals surface area contributed by atoms with Gasteiger partial charge in [0.05, 0.1) is 6.54 Å². The maximum absolute atomic E-state index is 12.6. The van der Waals surface area contributed by atoms with Crippen LogP contribution in [-0.2, 0) is 11.3 Å². The topological polar surface area (TPSA) is 172 Å². The number of carboxylic acids is 1. The molecule has 0 aliphatic carbocycles. The summed E-state index contributed by atoms with van der Waals surface area (Å²) in [6.45, 7) is -1.03. The Morgan fingerprint density at radius 2 is 1.69 bits per heavy atom. The molecule has 10 nitrogen and oxygen atoms in total. The first-order valence-corrected chi connectivity index (χ1v) is 7.26. The first kappa shape index (κ1) is 18.5. The van der Waals surface area contributed by atoms with Crippen LogP contribution in [0.15, 0.2) is 35.1 Å². The molecule has 2 aromatic rings. The highest BCUT2D eigenvalue weighted by atomic mass is 16.4. The predicted molar refractivity (Wildman–Crippen MR) is 88.1 cm³/mol. The Balaban J connectivity index is 2.64. The fraction of sp³-hybridized carbons (Fsp3) is 0.125. The summed E-state index contributed by atoms with van der Waals surface area (Å²) in [5.74, 6) is -5.89. The zero-order valence-corrected chi connectivity index (χ0v) is 13.3. The van der Waals surface area contributed by atoms with Gasteiger partial charge in [-0.3, -0.25) is 23.7 Å². The van der Waals surface area contributed by atoms with E-state index in [2.05, 4.69) is 0 Å². The van der Waals surface area contributed by atoms with Crippen molar-refractivity contribution in [2.45, 2.75) is 6.54 Å². The smallest absolute Gasteiger partial charge is 0.322 e. The minimum absolute atomic E-state index is 0.217. The van der Waals surface area contributed by atoms with Crippen LogP contribution in [0, 0.1) is 0 Å². The number of nitrogens with zero attached hydrogens (tertiary/aromatic N) is 1. The van der Waals surface area contributed by atoms with Gasteiger partial charge in [-0.05, 0) is 5.56 Å². The van der Waals surface area contributed by atoms with E-state index in [1.165, 1.54) is 0 Å². The number of pyridine rings is 1. The minimum Gasteiger partial charge on any atom is -0.506 e. The fourth-order valence-electron chi connectivity index (χ4n) is 2.29. The van der Waals surface area contributed by atoms with Gasteiger partial charge in [0, 0.05) is 0 Å². The summed E-state index contributed by atoms with van der Waals surface area (Å²) < 4.78 is 0.685. The zero-order valence-electron chi connectivity index (χ0n) is 13.3. The SMILES string of the molecule is NC(=O)c1c(O)c(C(=O)NCC(=O)O)c(=O)n(Cc2ccccc2)c1O. The zero-order chi connectivity index (χ0) is 19.4. The monoisotopic (exact) mass is 361 g/mol. The van der Waals surface area contributed by atoms with Crippen LogP contribution < -0.4 is 16.6 Å². The van der Waals surface area contributed by atoms with Gasteiger partial charge in [0.25, 0.3) is 17.4 Å². The quantitative estimate of drug-likeness (QED) is 0.449. The summed E-state index contributed by atoms with van der Waals surface area (Å²) in [6, 6.07) is 8.34. The van der Waals surface area contributed by atoms with E-state index in [1.54, 1.807) is 30.3 Å². The van der Waals surface area contributed by atoms with Crippen molar-refractivity contribution in [1.82, 2.24) is 9.88 Å². The van der Waals surface area contributed by atoms with Gasteiger partial charge in [-0.2, -0.15) is 0 Å². The molecule has 136 valence electrons. The molecular weight excluding hydrogens is 346 g/mol. The van der Waals surface area contributed by atoms with Crippen LogP contribution in [0.3, 0.4) is 0 Å². The van der Waals surface area contributed by atoms with Crippen molar-refractivity contribution in [2.24, 2.45) is 5.73 Å². The molecule has 0 aliphatic heterocycles. The second kappa shape index (κ2) is 7.38. The largest absolute Gasteiger partial charge is 0.506 e. The maximum atomic E-state index is 12.6. The van der Waals surface area contributed by atoms with Crippen LogP contribution in [0.4, 0.5) is 0 Å². The summed E-state index contributed by atoms with van der Waals surface area (Å²) in [5.41, 5.74) is 2.85. The van der Waals surface area contributed by atoms with Crippen LogP contribution in [0.5, 0.6) is 11.6 Å². The number of rotatable bonds is 6. The summed E-state index contributed by atoms with van der Waals surface area (Å²) in [4.78, 5) is 46.8.